The van der Waals surface area contributed by atoms with Gasteiger partial charge in [-0.15, -0.1) is 0 Å². The van der Waals surface area contributed by atoms with Crippen LogP contribution in [0.3, 0.4) is 0 Å². The van der Waals surface area contributed by atoms with E-state index in [4.69, 9.17) is 24.1 Å². The molecule has 6 unspecified atom stereocenters. The number of carbonyl (C=O) groups is 2. The molecule has 7 N–H and O–H groups in total. The van der Waals surface area contributed by atoms with E-state index in [0.717, 1.165) is 6.07 Å². The van der Waals surface area contributed by atoms with Crippen LogP contribution in [0.25, 0.3) is 6.08 Å². The monoisotopic (exact) mass is 520 g/mol. The first-order valence-corrected chi connectivity index (χ1v) is 11.0. The zero-order chi connectivity index (χ0) is 26.9. The maximum absolute atomic E-state index is 11.6. The standard InChI is InChI=1S/C24H24O13/c25-11-3-1-10(2-4-11)23-16(7-13-14(27)5-12(26)6-15(13)35-23)36-24-22(33)21(32)20(31)17(37-24)9-34-19(30)8-18(28)29/h1-7,17,20-27,31-33H,8-9H2,(H,28,29). The van der Waals surface area contributed by atoms with Gasteiger partial charge in [-0.1, -0.05) is 12.1 Å². The van der Waals surface area contributed by atoms with Gasteiger partial charge in [-0.2, -0.15) is 0 Å². The summed E-state index contributed by atoms with van der Waals surface area (Å²) in [5.41, 5.74) is 0.593. The maximum atomic E-state index is 11.6. The highest BCUT2D eigenvalue weighted by Gasteiger charge is 2.46. The van der Waals surface area contributed by atoms with Gasteiger partial charge in [0.15, 0.2) is 6.10 Å². The molecule has 13 heteroatoms. The van der Waals surface area contributed by atoms with Crippen LogP contribution in [0.2, 0.25) is 0 Å². The minimum atomic E-state index is -1.79. The smallest absolute Gasteiger partial charge is 0.317 e. The van der Waals surface area contributed by atoms with E-state index in [1.54, 1.807) is 0 Å². The van der Waals surface area contributed by atoms with Gasteiger partial charge in [0.1, 0.15) is 66.2 Å². The molecule has 13 nitrogen and oxygen atoms in total. The summed E-state index contributed by atoms with van der Waals surface area (Å²) >= 11 is 0. The Bertz CT molecular complexity index is 1190. The molecule has 198 valence electrons. The van der Waals surface area contributed by atoms with Crippen LogP contribution in [0.15, 0.2) is 42.2 Å². The number of carbonyl (C=O) groups excluding carboxylic acids is 1. The molecule has 0 bridgehead atoms. The summed E-state index contributed by atoms with van der Waals surface area (Å²) in [6.07, 6.45) is -8.89. The number of benzene rings is 2. The number of aliphatic hydroxyl groups excluding tert-OH is 3. The highest BCUT2D eigenvalue weighted by molar-refractivity contribution is 5.90. The van der Waals surface area contributed by atoms with Crippen LogP contribution < -0.4 is 4.74 Å². The molecule has 6 atom stereocenters. The molecule has 2 aliphatic heterocycles. The largest absolute Gasteiger partial charge is 0.508 e. The minimum absolute atomic E-state index is 0.0200. The Labute approximate surface area is 209 Å². The maximum Gasteiger partial charge on any atom is 0.317 e. The molecule has 1 fully saturated rings. The molecular weight excluding hydrogens is 496 g/mol. The summed E-state index contributed by atoms with van der Waals surface area (Å²) in [6.45, 7) is -0.642. The number of phenols is 3. The fraction of sp³-hybridized carbons (Fsp3) is 0.333. The molecule has 0 radical (unpaired) electrons. The summed E-state index contributed by atoms with van der Waals surface area (Å²) in [5.74, 6) is -3.07. The molecular formula is C24H24O13. The Morgan fingerprint density at radius 3 is 2.30 bits per heavy atom. The second-order valence-electron chi connectivity index (χ2n) is 8.40. The second-order valence-corrected chi connectivity index (χ2v) is 8.40. The van der Waals surface area contributed by atoms with E-state index in [0.29, 0.717) is 5.56 Å². The third-order valence-electron chi connectivity index (χ3n) is 5.72. The van der Waals surface area contributed by atoms with Crippen LogP contribution >= 0.6 is 0 Å². The van der Waals surface area contributed by atoms with Crippen molar-refractivity contribution in [1.82, 2.24) is 0 Å². The topological polar surface area (TPSA) is 213 Å². The zero-order valence-electron chi connectivity index (χ0n) is 19.0. The highest BCUT2D eigenvalue weighted by atomic mass is 16.7. The van der Waals surface area contributed by atoms with Crippen molar-refractivity contribution in [3.05, 3.63) is 53.3 Å². The average Bonchev–Trinajstić information content (AvgIpc) is 2.83. The van der Waals surface area contributed by atoms with Crippen LogP contribution in [0.5, 0.6) is 23.0 Å². The van der Waals surface area contributed by atoms with Crippen LogP contribution in [0.1, 0.15) is 23.7 Å². The predicted octanol–water partition coefficient (Wildman–Crippen LogP) is 0.120. The van der Waals surface area contributed by atoms with Gasteiger partial charge in [0.25, 0.3) is 0 Å². The third-order valence-corrected chi connectivity index (χ3v) is 5.72. The molecule has 1 saturated heterocycles. The summed E-state index contributed by atoms with van der Waals surface area (Å²) in [6, 6.07) is 8.16. The van der Waals surface area contributed by atoms with Crippen molar-refractivity contribution >= 4 is 18.0 Å². The molecule has 2 aromatic carbocycles. The molecule has 0 saturated carbocycles. The summed E-state index contributed by atoms with van der Waals surface area (Å²) in [7, 11) is 0. The Balaban J connectivity index is 1.61. The summed E-state index contributed by atoms with van der Waals surface area (Å²) < 4.78 is 22.1. The normalized spacial score (nSPS) is 26.8. The number of carboxylic acid groups (broad SMARTS) is 1. The van der Waals surface area contributed by atoms with Crippen molar-refractivity contribution < 1.29 is 64.3 Å². The second kappa shape index (κ2) is 10.5. The van der Waals surface area contributed by atoms with Gasteiger partial charge in [0.05, 0.1) is 5.56 Å². The van der Waals surface area contributed by atoms with Crippen molar-refractivity contribution in [1.29, 1.82) is 0 Å². The quantitative estimate of drug-likeness (QED) is 0.191. The predicted molar refractivity (Wildman–Crippen MR) is 120 cm³/mol. The van der Waals surface area contributed by atoms with E-state index in [-0.39, 0.29) is 34.3 Å². The molecule has 2 aliphatic rings. The Kier molecular flexibility index (Phi) is 7.40. The third kappa shape index (κ3) is 5.70. The number of aromatic hydroxyl groups is 3. The van der Waals surface area contributed by atoms with Crippen LogP contribution in [-0.4, -0.2) is 85.0 Å². The molecule has 0 spiro atoms. The number of fused-ring (bicyclic) bond motifs is 1. The average molecular weight is 520 g/mol. The number of esters is 1. The Hall–Kier alpha value is -4.04. The van der Waals surface area contributed by atoms with Gasteiger partial charge < -0.3 is 54.7 Å². The molecule has 0 aliphatic carbocycles. The first kappa shape index (κ1) is 26.0. The molecule has 0 amide bonds. The number of carboxylic acids is 1. The van der Waals surface area contributed by atoms with Crippen molar-refractivity contribution in [3.8, 4) is 23.0 Å². The van der Waals surface area contributed by atoms with E-state index < -0.39 is 61.8 Å². The van der Waals surface area contributed by atoms with Crippen LogP contribution in [0, 0.1) is 0 Å². The van der Waals surface area contributed by atoms with E-state index in [9.17, 15) is 40.2 Å². The van der Waals surface area contributed by atoms with E-state index in [1.165, 1.54) is 36.4 Å². The van der Waals surface area contributed by atoms with Crippen LogP contribution in [0.4, 0.5) is 0 Å². The lowest BCUT2D eigenvalue weighted by molar-refractivity contribution is -0.294. The van der Waals surface area contributed by atoms with Gasteiger partial charge in [-0.25, -0.2) is 0 Å². The zero-order valence-corrected chi connectivity index (χ0v) is 19.0. The summed E-state index contributed by atoms with van der Waals surface area (Å²) in [4.78, 5) is 22.2. The number of rotatable bonds is 7. The minimum Gasteiger partial charge on any atom is -0.508 e. The molecule has 37 heavy (non-hydrogen) atoms. The lowest BCUT2D eigenvalue weighted by Gasteiger charge is -2.41. The molecule has 2 heterocycles. The summed E-state index contributed by atoms with van der Waals surface area (Å²) in [5, 5.41) is 69.5. The van der Waals surface area contributed by atoms with Crippen molar-refractivity contribution in [3.63, 3.8) is 0 Å². The first-order valence-electron chi connectivity index (χ1n) is 11.0. The van der Waals surface area contributed by atoms with Gasteiger partial charge in [0, 0.05) is 17.7 Å². The fourth-order valence-electron chi connectivity index (χ4n) is 3.86. The highest BCUT2D eigenvalue weighted by Crippen LogP contribution is 2.44. The molecule has 0 aromatic heterocycles. The van der Waals surface area contributed by atoms with Gasteiger partial charge in [0.2, 0.25) is 6.29 Å². The van der Waals surface area contributed by atoms with Gasteiger partial charge in [-0.05, 0) is 18.2 Å². The lowest BCUT2D eigenvalue weighted by Crippen LogP contribution is -2.59. The number of hydrogen-bond donors (Lipinski definition) is 7. The number of aliphatic carboxylic acids is 1. The Morgan fingerprint density at radius 2 is 1.62 bits per heavy atom. The van der Waals surface area contributed by atoms with E-state index in [2.05, 4.69) is 0 Å². The van der Waals surface area contributed by atoms with Crippen molar-refractivity contribution in [2.75, 3.05) is 6.61 Å². The van der Waals surface area contributed by atoms with Crippen molar-refractivity contribution in [2.45, 2.75) is 43.2 Å². The first-order chi connectivity index (χ1) is 17.5. The van der Waals surface area contributed by atoms with Gasteiger partial charge >= 0.3 is 11.9 Å². The lowest BCUT2D eigenvalue weighted by atomic mass is 9.98. The fourth-order valence-corrected chi connectivity index (χ4v) is 3.86. The van der Waals surface area contributed by atoms with E-state index in [1.807, 2.05) is 0 Å². The Morgan fingerprint density at radius 1 is 0.919 bits per heavy atom. The van der Waals surface area contributed by atoms with E-state index >= 15 is 0 Å². The molecule has 2 aromatic rings. The molecule has 4 rings (SSSR count). The number of phenolic OH excluding ortho intramolecular Hbond substituents is 3. The number of hydrogen-bond acceptors (Lipinski definition) is 12. The van der Waals surface area contributed by atoms with Gasteiger partial charge in [-0.3, -0.25) is 9.59 Å². The van der Waals surface area contributed by atoms with Crippen molar-refractivity contribution in [2.24, 2.45) is 0 Å². The SMILES string of the molecule is O=C(O)CC(=O)OCC1OC(OC2=Cc3c(O)cc(O)cc3OC2c2ccc(O)cc2)C(O)C(O)C1O. The number of ether oxygens (including phenoxy) is 4. The van der Waals surface area contributed by atoms with Crippen LogP contribution in [-0.2, 0) is 23.8 Å². The number of aliphatic hydroxyl groups is 3.